The first-order valence-corrected chi connectivity index (χ1v) is 5.16. The zero-order chi connectivity index (χ0) is 10.2. The molecule has 0 spiro atoms. The first-order chi connectivity index (χ1) is 5.82. The van der Waals surface area contributed by atoms with E-state index in [0.29, 0.717) is 0 Å². The van der Waals surface area contributed by atoms with Crippen LogP contribution >= 0.6 is 11.8 Å². The third-order valence-electron chi connectivity index (χ3n) is 1.37. The predicted molar refractivity (Wildman–Crippen MR) is 49.2 cm³/mol. The lowest BCUT2D eigenvalue weighted by Crippen LogP contribution is -2.38. The fraction of sp³-hybridized carbons (Fsp3) is 0.600. The van der Waals surface area contributed by atoms with E-state index in [2.05, 4.69) is 9.98 Å². The van der Waals surface area contributed by atoms with Crippen molar-refractivity contribution in [3.8, 4) is 0 Å². The van der Waals surface area contributed by atoms with Crippen LogP contribution in [0.1, 0.15) is 13.8 Å². The molecule has 1 aliphatic rings. The second-order valence-electron chi connectivity index (χ2n) is 2.49. The van der Waals surface area contributed by atoms with Gasteiger partial charge in [-0.2, -0.15) is 8.42 Å². The molecule has 0 aromatic rings. The highest BCUT2D eigenvalue weighted by atomic mass is 35.5. The summed E-state index contributed by atoms with van der Waals surface area (Å²) in [7, 11) is -4.38. The normalized spacial score (nSPS) is 24.0. The highest BCUT2D eigenvalue weighted by Crippen LogP contribution is 2.14. The number of rotatable bonds is 0. The zero-order valence-corrected chi connectivity index (χ0v) is 8.54. The predicted octanol–water partition coefficient (Wildman–Crippen LogP) is 0.464. The number of hydrogen-bond donors (Lipinski definition) is 1. The van der Waals surface area contributed by atoms with Crippen molar-refractivity contribution in [3.05, 3.63) is 0 Å². The quantitative estimate of drug-likeness (QED) is 0.480. The molecule has 0 bridgehead atoms. The average Bonchev–Trinajstić information content (AvgIpc) is 1.94. The van der Waals surface area contributed by atoms with Crippen LogP contribution in [0.4, 0.5) is 0 Å². The summed E-state index contributed by atoms with van der Waals surface area (Å²) in [5.41, 5.74) is 0. The van der Waals surface area contributed by atoms with Crippen LogP contribution in [-0.2, 0) is 10.1 Å². The van der Waals surface area contributed by atoms with Crippen molar-refractivity contribution in [2.45, 2.75) is 20.0 Å². The van der Waals surface area contributed by atoms with E-state index in [1.54, 1.807) is 6.92 Å². The molecule has 0 aromatic carbocycles. The largest absolute Gasteiger partial charge is 0.329 e. The number of aliphatic imine (C=N–C) groups is 2. The second-order valence-corrected chi connectivity index (χ2v) is 4.17. The Morgan fingerprint density at radius 3 is 2.62 bits per heavy atom. The summed E-state index contributed by atoms with van der Waals surface area (Å²) >= 11 is 5.54. The molecule has 0 saturated heterocycles. The number of nitrogens with zero attached hydrogens (tertiary/aromatic N) is 3. The molecule has 0 fully saturated rings. The minimum absolute atomic E-state index is 0.261. The summed E-state index contributed by atoms with van der Waals surface area (Å²) in [5.74, 6) is 0.261. The monoisotopic (exact) mass is 225 g/mol. The minimum atomic E-state index is -4.38. The summed E-state index contributed by atoms with van der Waals surface area (Å²) in [4.78, 5) is 7.38. The summed E-state index contributed by atoms with van der Waals surface area (Å²) in [5, 5.41) is -0.589. The fourth-order valence-corrected chi connectivity index (χ4v) is 1.83. The van der Waals surface area contributed by atoms with Gasteiger partial charge in [0.05, 0.1) is 0 Å². The van der Waals surface area contributed by atoms with Crippen molar-refractivity contribution in [3.63, 3.8) is 0 Å². The van der Waals surface area contributed by atoms with E-state index in [1.165, 1.54) is 6.92 Å². The van der Waals surface area contributed by atoms with E-state index in [-0.39, 0.29) is 5.84 Å². The van der Waals surface area contributed by atoms with Crippen LogP contribution in [0.3, 0.4) is 0 Å². The van der Waals surface area contributed by atoms with Gasteiger partial charge in [0, 0.05) is 11.8 Å². The zero-order valence-electron chi connectivity index (χ0n) is 6.97. The average molecular weight is 226 g/mol. The molecule has 0 radical (unpaired) electrons. The topological polar surface area (TPSA) is 82.3 Å². The van der Waals surface area contributed by atoms with Crippen LogP contribution in [0.2, 0.25) is 0 Å². The molecular weight excluding hydrogens is 218 g/mol. The molecule has 0 aliphatic carbocycles. The van der Waals surface area contributed by atoms with Gasteiger partial charge >= 0.3 is 10.1 Å². The molecule has 74 valence electrons. The standard InChI is InChI=1S/C5H8ClN3O3S/c1-3-7-4(2)9(6)5(8-3)13(10,11)12/h4H,1-2H3,(H,10,11,12). The van der Waals surface area contributed by atoms with Crippen LogP contribution in [-0.4, -0.2) is 34.6 Å². The molecule has 0 amide bonds. The van der Waals surface area contributed by atoms with Gasteiger partial charge in [0.2, 0.25) is 0 Å². The molecule has 8 heteroatoms. The maximum atomic E-state index is 10.7. The Morgan fingerprint density at radius 1 is 1.62 bits per heavy atom. The Bertz CT molecular complexity index is 374. The lowest BCUT2D eigenvalue weighted by Gasteiger charge is -2.23. The number of hydrogen-bond acceptors (Lipinski definition) is 5. The van der Waals surface area contributed by atoms with E-state index in [0.717, 1.165) is 4.42 Å². The van der Waals surface area contributed by atoms with Crippen LogP contribution in [0.5, 0.6) is 0 Å². The van der Waals surface area contributed by atoms with Gasteiger partial charge in [-0.1, -0.05) is 0 Å². The molecule has 0 aromatic heterocycles. The van der Waals surface area contributed by atoms with Gasteiger partial charge in [-0.15, -0.1) is 0 Å². The lowest BCUT2D eigenvalue weighted by molar-refractivity contribution is 0.473. The van der Waals surface area contributed by atoms with E-state index >= 15 is 0 Å². The third-order valence-corrected chi connectivity index (χ3v) is 2.66. The van der Waals surface area contributed by atoms with Gasteiger partial charge in [0.1, 0.15) is 12.0 Å². The van der Waals surface area contributed by atoms with Crippen LogP contribution in [0, 0.1) is 0 Å². The molecule has 1 unspecified atom stereocenters. The van der Waals surface area contributed by atoms with Gasteiger partial charge in [-0.25, -0.2) is 14.4 Å². The Morgan fingerprint density at radius 2 is 2.15 bits per heavy atom. The summed E-state index contributed by atoms with van der Waals surface area (Å²) in [6.45, 7) is 3.10. The first-order valence-electron chi connectivity index (χ1n) is 3.38. The molecule has 1 aliphatic heterocycles. The molecular formula is C5H8ClN3O3S. The third kappa shape index (κ3) is 2.17. The van der Waals surface area contributed by atoms with Crippen molar-refractivity contribution in [2.75, 3.05) is 0 Å². The lowest BCUT2D eigenvalue weighted by atomic mass is 10.5. The van der Waals surface area contributed by atoms with Crippen molar-refractivity contribution < 1.29 is 13.0 Å². The molecule has 1 N–H and O–H groups in total. The minimum Gasteiger partial charge on any atom is -0.279 e. The number of amidine groups is 2. The van der Waals surface area contributed by atoms with Gasteiger partial charge in [-0.05, 0) is 13.8 Å². The van der Waals surface area contributed by atoms with Gasteiger partial charge < -0.3 is 0 Å². The van der Waals surface area contributed by atoms with Crippen molar-refractivity contribution in [1.29, 1.82) is 0 Å². The molecule has 1 rings (SSSR count). The van der Waals surface area contributed by atoms with E-state index in [9.17, 15) is 8.42 Å². The van der Waals surface area contributed by atoms with Crippen molar-refractivity contribution in [1.82, 2.24) is 4.42 Å². The maximum absolute atomic E-state index is 10.7. The highest BCUT2D eigenvalue weighted by molar-refractivity contribution is 8.01. The molecule has 6 nitrogen and oxygen atoms in total. The summed E-state index contributed by atoms with van der Waals surface area (Å²) < 4.78 is 30.9. The molecule has 13 heavy (non-hydrogen) atoms. The number of halogens is 1. The Hall–Kier alpha value is -0.660. The van der Waals surface area contributed by atoms with Gasteiger partial charge in [-0.3, -0.25) is 4.55 Å². The maximum Gasteiger partial charge on any atom is 0.329 e. The fourth-order valence-electron chi connectivity index (χ4n) is 0.864. The molecule has 1 atom stereocenters. The van der Waals surface area contributed by atoms with Crippen LogP contribution in [0.25, 0.3) is 0 Å². The van der Waals surface area contributed by atoms with Crippen LogP contribution < -0.4 is 0 Å². The van der Waals surface area contributed by atoms with Crippen molar-refractivity contribution >= 4 is 32.9 Å². The van der Waals surface area contributed by atoms with E-state index in [1.807, 2.05) is 0 Å². The second kappa shape index (κ2) is 3.24. The molecule has 1 heterocycles. The van der Waals surface area contributed by atoms with E-state index < -0.39 is 21.5 Å². The Labute approximate surface area is 80.8 Å². The smallest absolute Gasteiger partial charge is 0.279 e. The highest BCUT2D eigenvalue weighted by Gasteiger charge is 2.29. The van der Waals surface area contributed by atoms with E-state index in [4.69, 9.17) is 16.3 Å². The van der Waals surface area contributed by atoms with Gasteiger partial charge in [0.25, 0.3) is 5.17 Å². The van der Waals surface area contributed by atoms with Gasteiger partial charge in [0.15, 0.2) is 0 Å². The first kappa shape index (κ1) is 10.4. The van der Waals surface area contributed by atoms with Crippen LogP contribution in [0.15, 0.2) is 9.98 Å². The Balaban J connectivity index is 3.17. The summed E-state index contributed by atoms with van der Waals surface area (Å²) in [6, 6.07) is 0. The summed E-state index contributed by atoms with van der Waals surface area (Å²) in [6.07, 6.45) is -0.559. The SMILES string of the molecule is CC1=NC(C)N(Cl)C(S(=O)(=O)O)=N1. The Kier molecular flexibility index (Phi) is 2.60. The van der Waals surface area contributed by atoms with Crippen molar-refractivity contribution in [2.24, 2.45) is 9.98 Å². The molecule has 0 saturated carbocycles.